The fourth-order valence-electron chi connectivity index (χ4n) is 2.82. The van der Waals surface area contributed by atoms with Crippen molar-refractivity contribution >= 4 is 12.0 Å². The first-order valence-corrected chi connectivity index (χ1v) is 6.79. The molecule has 2 aliphatic rings. The number of nitrogens with one attached hydrogen (secondary N) is 1. The van der Waals surface area contributed by atoms with Gasteiger partial charge < -0.3 is 20.1 Å². The number of hydrogen-bond acceptors (Lipinski definition) is 3. The highest BCUT2D eigenvalue weighted by Crippen LogP contribution is 2.24. The van der Waals surface area contributed by atoms with E-state index in [1.807, 2.05) is 13.8 Å². The van der Waals surface area contributed by atoms with E-state index in [1.165, 1.54) is 0 Å². The first-order chi connectivity index (χ1) is 8.91. The van der Waals surface area contributed by atoms with Crippen molar-refractivity contribution in [2.75, 3.05) is 26.3 Å². The minimum Gasteiger partial charge on any atom is -0.481 e. The molecule has 0 bridgehead atoms. The monoisotopic (exact) mass is 270 g/mol. The summed E-state index contributed by atoms with van der Waals surface area (Å²) in [7, 11) is 0. The summed E-state index contributed by atoms with van der Waals surface area (Å²) in [6.07, 6.45) is 1.83. The summed E-state index contributed by atoms with van der Waals surface area (Å²) in [6, 6.07) is -0.177. The Labute approximate surface area is 113 Å². The summed E-state index contributed by atoms with van der Waals surface area (Å²) in [5, 5.41) is 12.1. The molecule has 2 saturated heterocycles. The van der Waals surface area contributed by atoms with Gasteiger partial charge in [0.25, 0.3) is 0 Å². The van der Waals surface area contributed by atoms with Crippen molar-refractivity contribution in [3.63, 3.8) is 0 Å². The normalized spacial score (nSPS) is 35.2. The van der Waals surface area contributed by atoms with Crippen molar-refractivity contribution in [1.82, 2.24) is 10.2 Å². The van der Waals surface area contributed by atoms with Gasteiger partial charge in [-0.3, -0.25) is 4.79 Å². The number of urea groups is 1. The first kappa shape index (κ1) is 14.1. The number of carboxylic acids is 1. The molecule has 19 heavy (non-hydrogen) atoms. The summed E-state index contributed by atoms with van der Waals surface area (Å²) in [5.41, 5.74) is -0.333. The molecule has 6 heteroatoms. The van der Waals surface area contributed by atoms with E-state index >= 15 is 0 Å². The molecule has 2 heterocycles. The molecule has 0 aliphatic carbocycles. The van der Waals surface area contributed by atoms with Gasteiger partial charge >= 0.3 is 12.0 Å². The maximum absolute atomic E-state index is 12.2. The number of amides is 2. The molecule has 0 radical (unpaired) electrons. The van der Waals surface area contributed by atoms with E-state index in [0.717, 1.165) is 19.4 Å². The molecule has 2 aliphatic heterocycles. The van der Waals surface area contributed by atoms with Gasteiger partial charge in [0.15, 0.2) is 0 Å². The van der Waals surface area contributed by atoms with Crippen molar-refractivity contribution in [2.24, 2.45) is 11.8 Å². The third-order valence-electron chi connectivity index (χ3n) is 4.06. The van der Waals surface area contributed by atoms with Gasteiger partial charge in [-0.15, -0.1) is 0 Å². The van der Waals surface area contributed by atoms with E-state index in [0.29, 0.717) is 19.7 Å². The SMILES string of the molecule is CC1CN(C(=O)NC2(C)CCCOC2)CC1C(=O)O. The van der Waals surface area contributed by atoms with Crippen LogP contribution in [0.1, 0.15) is 26.7 Å². The maximum Gasteiger partial charge on any atom is 0.317 e. The van der Waals surface area contributed by atoms with Crippen LogP contribution < -0.4 is 5.32 Å². The van der Waals surface area contributed by atoms with Gasteiger partial charge in [0.1, 0.15) is 0 Å². The third-order valence-corrected chi connectivity index (χ3v) is 4.06. The minimum absolute atomic E-state index is 0.00124. The van der Waals surface area contributed by atoms with Gasteiger partial charge in [-0.05, 0) is 25.7 Å². The van der Waals surface area contributed by atoms with E-state index in [1.54, 1.807) is 4.90 Å². The second kappa shape index (κ2) is 5.36. The number of carbonyl (C=O) groups is 2. The average Bonchev–Trinajstić information content (AvgIpc) is 2.72. The first-order valence-electron chi connectivity index (χ1n) is 6.79. The Morgan fingerprint density at radius 2 is 2.16 bits per heavy atom. The van der Waals surface area contributed by atoms with E-state index in [2.05, 4.69) is 5.32 Å². The molecule has 0 saturated carbocycles. The number of likely N-dealkylation sites (tertiary alicyclic amines) is 1. The van der Waals surface area contributed by atoms with E-state index < -0.39 is 11.9 Å². The van der Waals surface area contributed by atoms with Crippen LogP contribution in [-0.2, 0) is 9.53 Å². The molecule has 0 aromatic carbocycles. The number of ether oxygens (including phenoxy) is 1. The van der Waals surface area contributed by atoms with Crippen LogP contribution in [0, 0.1) is 11.8 Å². The van der Waals surface area contributed by atoms with Crippen LogP contribution >= 0.6 is 0 Å². The minimum atomic E-state index is -0.824. The molecule has 3 atom stereocenters. The van der Waals surface area contributed by atoms with Gasteiger partial charge in [-0.2, -0.15) is 0 Å². The Kier molecular flexibility index (Phi) is 3.99. The summed E-state index contributed by atoms with van der Waals surface area (Å²) in [5.74, 6) is -1.28. The summed E-state index contributed by atoms with van der Waals surface area (Å²) in [6.45, 7) is 5.90. The Morgan fingerprint density at radius 1 is 1.42 bits per heavy atom. The zero-order valence-corrected chi connectivity index (χ0v) is 11.5. The molecule has 0 aromatic heterocycles. The van der Waals surface area contributed by atoms with Crippen LogP contribution in [0.15, 0.2) is 0 Å². The molecular weight excluding hydrogens is 248 g/mol. The van der Waals surface area contributed by atoms with Crippen molar-refractivity contribution < 1.29 is 19.4 Å². The Balaban J connectivity index is 1.92. The largest absolute Gasteiger partial charge is 0.481 e. The summed E-state index contributed by atoms with van der Waals surface area (Å²) in [4.78, 5) is 24.9. The summed E-state index contributed by atoms with van der Waals surface area (Å²) >= 11 is 0. The topological polar surface area (TPSA) is 78.9 Å². The van der Waals surface area contributed by atoms with Gasteiger partial charge in [0.05, 0.1) is 18.1 Å². The predicted molar refractivity (Wildman–Crippen MR) is 68.9 cm³/mol. The number of aliphatic carboxylic acids is 1. The highest BCUT2D eigenvalue weighted by Gasteiger charge is 2.39. The second-order valence-corrected chi connectivity index (χ2v) is 5.97. The van der Waals surface area contributed by atoms with Gasteiger partial charge in [-0.25, -0.2) is 4.79 Å². The van der Waals surface area contributed by atoms with Crippen LogP contribution in [0.4, 0.5) is 4.79 Å². The van der Waals surface area contributed by atoms with E-state index in [9.17, 15) is 9.59 Å². The fourth-order valence-corrected chi connectivity index (χ4v) is 2.82. The Morgan fingerprint density at radius 3 is 2.68 bits per heavy atom. The van der Waals surface area contributed by atoms with Crippen molar-refractivity contribution in [3.8, 4) is 0 Å². The molecule has 6 nitrogen and oxygen atoms in total. The van der Waals surface area contributed by atoms with Crippen LogP contribution in [0.2, 0.25) is 0 Å². The standard InChI is InChI=1S/C13H22N2O4/c1-9-6-15(7-10(9)11(16)17)12(18)14-13(2)4-3-5-19-8-13/h9-10H,3-8H2,1-2H3,(H,14,18)(H,16,17). The smallest absolute Gasteiger partial charge is 0.317 e. The maximum atomic E-state index is 12.2. The highest BCUT2D eigenvalue weighted by atomic mass is 16.5. The molecule has 0 spiro atoms. The zero-order valence-electron chi connectivity index (χ0n) is 11.5. The van der Waals surface area contributed by atoms with E-state index in [4.69, 9.17) is 9.84 Å². The summed E-state index contributed by atoms with van der Waals surface area (Å²) < 4.78 is 5.40. The lowest BCUT2D eigenvalue weighted by Gasteiger charge is -2.35. The Bertz CT molecular complexity index is 366. The van der Waals surface area contributed by atoms with Gasteiger partial charge in [0.2, 0.25) is 0 Å². The molecule has 0 aromatic rings. The average molecular weight is 270 g/mol. The highest BCUT2D eigenvalue weighted by molar-refractivity contribution is 5.78. The molecule has 3 unspecified atom stereocenters. The lowest BCUT2D eigenvalue weighted by molar-refractivity contribution is -0.142. The van der Waals surface area contributed by atoms with Crippen LogP contribution in [0.5, 0.6) is 0 Å². The molecule has 2 fully saturated rings. The predicted octanol–water partition coefficient (Wildman–Crippen LogP) is 0.918. The third kappa shape index (κ3) is 3.18. The van der Waals surface area contributed by atoms with Crippen molar-refractivity contribution in [3.05, 3.63) is 0 Å². The fraction of sp³-hybridized carbons (Fsp3) is 0.846. The number of carboxylic acid groups (broad SMARTS) is 1. The van der Waals surface area contributed by atoms with Crippen LogP contribution in [0.3, 0.4) is 0 Å². The molecule has 2 amide bonds. The van der Waals surface area contributed by atoms with Crippen LogP contribution in [0.25, 0.3) is 0 Å². The lowest BCUT2D eigenvalue weighted by Crippen LogP contribution is -2.55. The molecule has 2 N–H and O–H groups in total. The van der Waals surface area contributed by atoms with Crippen molar-refractivity contribution in [1.29, 1.82) is 0 Å². The second-order valence-electron chi connectivity index (χ2n) is 5.97. The number of hydrogen-bond donors (Lipinski definition) is 2. The number of rotatable bonds is 2. The lowest BCUT2D eigenvalue weighted by atomic mass is 9.95. The number of nitrogens with zero attached hydrogens (tertiary/aromatic N) is 1. The molecule has 2 rings (SSSR count). The molecular formula is C13H22N2O4. The van der Waals surface area contributed by atoms with E-state index in [-0.39, 0.29) is 17.5 Å². The van der Waals surface area contributed by atoms with Gasteiger partial charge in [-0.1, -0.05) is 6.92 Å². The number of carbonyl (C=O) groups excluding carboxylic acids is 1. The molecule has 108 valence electrons. The Hall–Kier alpha value is -1.30. The quantitative estimate of drug-likeness (QED) is 0.782. The van der Waals surface area contributed by atoms with Crippen LogP contribution in [-0.4, -0.2) is 53.8 Å². The van der Waals surface area contributed by atoms with Crippen molar-refractivity contribution in [2.45, 2.75) is 32.2 Å². The zero-order chi connectivity index (χ0) is 14.0. The van der Waals surface area contributed by atoms with Gasteiger partial charge in [0, 0.05) is 19.7 Å².